The van der Waals surface area contributed by atoms with Crippen LogP contribution in [0.1, 0.15) is 52.9 Å². The van der Waals surface area contributed by atoms with Crippen LogP contribution in [0.3, 0.4) is 0 Å². The van der Waals surface area contributed by atoms with Crippen molar-refractivity contribution in [2.75, 3.05) is 18.2 Å². The van der Waals surface area contributed by atoms with E-state index < -0.39 is 5.97 Å². The molecule has 10 heteroatoms. The molecule has 0 saturated heterocycles. The standard InChI is InChI=1S/C25H28N4O4S2/c1-29-22(15-10-12-17(13-11-15)33-16-6-3-4-7-16)27-28-25(29)34-14-20(30)26-23-21(24(31)32-2)18-8-5-9-19(18)35-23/h10-13,16H,3-9,14H2,1-2H3,(H,26,30). The Morgan fingerprint density at radius 1 is 1.14 bits per heavy atom. The van der Waals surface area contributed by atoms with Crippen LogP contribution in [0.5, 0.6) is 5.75 Å². The fraction of sp³-hybridized carbons (Fsp3) is 0.440. The van der Waals surface area contributed by atoms with Crippen LogP contribution in [0.2, 0.25) is 0 Å². The van der Waals surface area contributed by atoms with E-state index in [0.717, 1.165) is 59.7 Å². The summed E-state index contributed by atoms with van der Waals surface area (Å²) in [5, 5.41) is 12.7. The predicted octanol–water partition coefficient (Wildman–Crippen LogP) is 4.87. The lowest BCUT2D eigenvalue weighted by Crippen LogP contribution is -2.16. The molecule has 0 spiro atoms. The predicted molar refractivity (Wildman–Crippen MR) is 136 cm³/mol. The molecule has 0 atom stereocenters. The number of esters is 1. The maximum absolute atomic E-state index is 12.7. The number of rotatable bonds is 8. The second-order valence-corrected chi connectivity index (χ2v) is 10.9. The Morgan fingerprint density at radius 3 is 2.66 bits per heavy atom. The number of thiophene rings is 1. The Hall–Kier alpha value is -2.85. The van der Waals surface area contributed by atoms with E-state index in [0.29, 0.717) is 21.8 Å². The number of aromatic nitrogens is 3. The third-order valence-electron chi connectivity index (χ3n) is 6.45. The van der Waals surface area contributed by atoms with Crippen molar-refractivity contribution in [2.24, 2.45) is 7.05 Å². The molecule has 0 radical (unpaired) electrons. The van der Waals surface area contributed by atoms with E-state index in [4.69, 9.17) is 9.47 Å². The molecule has 8 nitrogen and oxygen atoms in total. The maximum Gasteiger partial charge on any atom is 0.341 e. The Kier molecular flexibility index (Phi) is 7.10. The number of methoxy groups -OCH3 is 1. The number of hydrogen-bond donors (Lipinski definition) is 1. The monoisotopic (exact) mass is 512 g/mol. The Bertz CT molecular complexity index is 1230. The smallest absolute Gasteiger partial charge is 0.341 e. The first-order chi connectivity index (χ1) is 17.0. The van der Waals surface area contributed by atoms with E-state index in [-0.39, 0.29) is 11.7 Å². The normalized spacial score (nSPS) is 15.3. The summed E-state index contributed by atoms with van der Waals surface area (Å²) in [6, 6.07) is 7.92. The number of carbonyl (C=O) groups excluding carboxylic acids is 2. The number of hydrogen-bond acceptors (Lipinski definition) is 8. The first-order valence-corrected chi connectivity index (χ1v) is 13.7. The van der Waals surface area contributed by atoms with Gasteiger partial charge in [0, 0.05) is 17.5 Å². The second kappa shape index (κ2) is 10.4. The van der Waals surface area contributed by atoms with Crippen molar-refractivity contribution in [3.63, 3.8) is 0 Å². The number of benzene rings is 1. The molecule has 0 unspecified atom stereocenters. The second-order valence-electron chi connectivity index (χ2n) is 8.80. The highest BCUT2D eigenvalue weighted by atomic mass is 32.2. The van der Waals surface area contributed by atoms with Gasteiger partial charge in [0.1, 0.15) is 10.8 Å². The zero-order valence-electron chi connectivity index (χ0n) is 19.8. The molecule has 1 aromatic carbocycles. The number of thioether (sulfide) groups is 1. The van der Waals surface area contributed by atoms with Crippen molar-refractivity contribution < 1.29 is 19.1 Å². The molecule has 2 aliphatic rings. The van der Waals surface area contributed by atoms with E-state index in [1.807, 2.05) is 35.9 Å². The van der Waals surface area contributed by atoms with Crippen molar-refractivity contribution in [1.29, 1.82) is 0 Å². The van der Waals surface area contributed by atoms with Gasteiger partial charge in [-0.15, -0.1) is 21.5 Å². The number of ether oxygens (including phenoxy) is 2. The summed E-state index contributed by atoms with van der Waals surface area (Å²) < 4.78 is 12.9. The number of aryl methyl sites for hydroxylation is 1. The van der Waals surface area contributed by atoms with E-state index in [1.165, 1.54) is 43.1 Å². The van der Waals surface area contributed by atoms with Crippen LogP contribution in [0.25, 0.3) is 11.4 Å². The Balaban J connectivity index is 1.21. The van der Waals surface area contributed by atoms with Gasteiger partial charge in [0.25, 0.3) is 0 Å². The molecule has 5 rings (SSSR count). The minimum absolute atomic E-state index is 0.156. The van der Waals surface area contributed by atoms with Gasteiger partial charge in [-0.3, -0.25) is 4.79 Å². The van der Waals surface area contributed by atoms with Crippen molar-refractivity contribution in [3.05, 3.63) is 40.3 Å². The minimum Gasteiger partial charge on any atom is -0.490 e. The number of nitrogens with zero attached hydrogens (tertiary/aromatic N) is 3. The largest absolute Gasteiger partial charge is 0.490 e. The molecule has 184 valence electrons. The van der Waals surface area contributed by atoms with Crippen LogP contribution in [-0.2, 0) is 29.4 Å². The first kappa shape index (κ1) is 23.9. The summed E-state index contributed by atoms with van der Waals surface area (Å²) in [5.74, 6) is 1.16. The van der Waals surface area contributed by atoms with Gasteiger partial charge in [0.15, 0.2) is 11.0 Å². The summed E-state index contributed by atoms with van der Waals surface area (Å²) in [5.41, 5.74) is 2.46. The van der Waals surface area contributed by atoms with E-state index in [2.05, 4.69) is 15.5 Å². The highest BCUT2D eigenvalue weighted by molar-refractivity contribution is 7.99. The highest BCUT2D eigenvalue weighted by Crippen LogP contribution is 2.39. The molecule has 2 aliphatic carbocycles. The SMILES string of the molecule is COC(=O)c1c(NC(=O)CSc2nnc(-c3ccc(OC4CCCC4)cc3)n2C)sc2c1CCC2. The molecule has 1 amide bonds. The van der Waals surface area contributed by atoms with Crippen LogP contribution in [0.15, 0.2) is 29.4 Å². The zero-order chi connectivity index (χ0) is 24.4. The van der Waals surface area contributed by atoms with Crippen LogP contribution in [0, 0.1) is 0 Å². The molecular weight excluding hydrogens is 484 g/mol. The molecule has 1 fully saturated rings. The maximum atomic E-state index is 12.7. The first-order valence-electron chi connectivity index (χ1n) is 11.9. The van der Waals surface area contributed by atoms with Crippen LogP contribution in [0.4, 0.5) is 5.00 Å². The van der Waals surface area contributed by atoms with Gasteiger partial charge in [-0.25, -0.2) is 4.79 Å². The van der Waals surface area contributed by atoms with Crippen molar-refractivity contribution >= 4 is 40.0 Å². The van der Waals surface area contributed by atoms with Gasteiger partial charge >= 0.3 is 5.97 Å². The lowest BCUT2D eigenvalue weighted by Gasteiger charge is -2.13. The average molecular weight is 513 g/mol. The molecule has 1 N–H and O–H groups in total. The molecule has 0 aliphatic heterocycles. The molecule has 1 saturated carbocycles. The lowest BCUT2D eigenvalue weighted by atomic mass is 10.1. The molecule has 2 aromatic heterocycles. The molecule has 0 bridgehead atoms. The van der Waals surface area contributed by atoms with Gasteiger partial charge < -0.3 is 19.4 Å². The number of anilines is 1. The minimum atomic E-state index is -0.398. The number of nitrogens with one attached hydrogen (secondary N) is 1. The van der Waals surface area contributed by atoms with E-state index in [1.54, 1.807) is 0 Å². The third-order valence-corrected chi connectivity index (χ3v) is 8.68. The van der Waals surface area contributed by atoms with Crippen LogP contribution < -0.4 is 10.1 Å². The highest BCUT2D eigenvalue weighted by Gasteiger charge is 2.28. The quantitative estimate of drug-likeness (QED) is 0.340. The van der Waals surface area contributed by atoms with E-state index in [9.17, 15) is 9.59 Å². The summed E-state index contributed by atoms with van der Waals surface area (Å²) >= 11 is 2.78. The van der Waals surface area contributed by atoms with Gasteiger partial charge in [0.2, 0.25) is 5.91 Å². The van der Waals surface area contributed by atoms with Crippen LogP contribution in [-0.4, -0.2) is 45.6 Å². The summed E-state index contributed by atoms with van der Waals surface area (Å²) in [4.78, 5) is 26.2. The topological polar surface area (TPSA) is 95.3 Å². The van der Waals surface area contributed by atoms with Gasteiger partial charge in [-0.2, -0.15) is 0 Å². The average Bonchev–Trinajstić information content (AvgIpc) is 3.64. The van der Waals surface area contributed by atoms with Crippen molar-refractivity contribution in [3.8, 4) is 17.1 Å². The summed E-state index contributed by atoms with van der Waals surface area (Å²) in [6.07, 6.45) is 7.85. The Labute approximate surface area is 212 Å². The zero-order valence-corrected chi connectivity index (χ0v) is 21.5. The fourth-order valence-corrected chi connectivity index (χ4v) is 6.68. The Morgan fingerprint density at radius 2 is 1.91 bits per heavy atom. The molecular formula is C25H28N4O4S2. The molecule has 2 heterocycles. The lowest BCUT2D eigenvalue weighted by molar-refractivity contribution is -0.113. The number of fused-ring (bicyclic) bond motifs is 1. The van der Waals surface area contributed by atoms with Gasteiger partial charge in [-0.1, -0.05) is 11.8 Å². The molecule has 3 aromatic rings. The number of amides is 1. The summed E-state index contributed by atoms with van der Waals surface area (Å²) in [6.45, 7) is 0. The third kappa shape index (κ3) is 5.08. The number of carbonyl (C=O) groups is 2. The fourth-order valence-electron chi connectivity index (χ4n) is 4.68. The van der Waals surface area contributed by atoms with Crippen molar-refractivity contribution in [1.82, 2.24) is 14.8 Å². The molecule has 35 heavy (non-hydrogen) atoms. The van der Waals surface area contributed by atoms with Gasteiger partial charge in [-0.05, 0) is 74.8 Å². The summed E-state index contributed by atoms with van der Waals surface area (Å²) in [7, 11) is 3.25. The van der Waals surface area contributed by atoms with Crippen LogP contribution >= 0.6 is 23.1 Å². The van der Waals surface area contributed by atoms with Crippen molar-refractivity contribution in [2.45, 2.75) is 56.2 Å². The van der Waals surface area contributed by atoms with Gasteiger partial charge in [0.05, 0.1) is 24.5 Å². The van der Waals surface area contributed by atoms with E-state index >= 15 is 0 Å².